The van der Waals surface area contributed by atoms with E-state index in [1.165, 1.54) is 56.4 Å². The first-order chi connectivity index (χ1) is 9.29. The summed E-state index contributed by atoms with van der Waals surface area (Å²) in [5.41, 5.74) is 2.77. The number of unbranched alkanes of at least 4 members (excludes halogenated alkanes) is 1. The van der Waals surface area contributed by atoms with Gasteiger partial charge >= 0.3 is 0 Å². The second kappa shape index (κ2) is 7.54. The van der Waals surface area contributed by atoms with Gasteiger partial charge in [0.25, 0.3) is 0 Å². The van der Waals surface area contributed by atoms with E-state index < -0.39 is 0 Å². The first kappa shape index (κ1) is 14.4. The molecule has 1 aliphatic rings. The van der Waals surface area contributed by atoms with Crippen LogP contribution in [0.4, 0.5) is 5.69 Å². The number of rotatable bonds is 6. The number of benzene rings is 1. The van der Waals surface area contributed by atoms with E-state index in [-0.39, 0.29) is 0 Å². The summed E-state index contributed by atoms with van der Waals surface area (Å²) in [5.74, 6) is 0.757. The minimum atomic E-state index is 0.574. The summed E-state index contributed by atoms with van der Waals surface area (Å²) < 4.78 is 0. The molecule has 0 aliphatic carbocycles. The summed E-state index contributed by atoms with van der Waals surface area (Å²) >= 11 is 0. The lowest BCUT2D eigenvalue weighted by atomic mass is 9.90. The SMILES string of the molecule is CCCCC(C)Nc1ccc(C2CCNCC2)cc1. The van der Waals surface area contributed by atoms with Crippen LogP contribution < -0.4 is 10.6 Å². The normalized spacial score (nSPS) is 18.2. The van der Waals surface area contributed by atoms with Crippen LogP contribution in [0.2, 0.25) is 0 Å². The first-order valence-electron chi connectivity index (χ1n) is 7.87. The Balaban J connectivity index is 1.86. The summed E-state index contributed by atoms with van der Waals surface area (Å²) in [6.45, 7) is 6.86. The highest BCUT2D eigenvalue weighted by Gasteiger charge is 2.14. The second-order valence-electron chi connectivity index (χ2n) is 5.83. The van der Waals surface area contributed by atoms with Crippen LogP contribution in [0.3, 0.4) is 0 Å². The lowest BCUT2D eigenvalue weighted by Crippen LogP contribution is -2.26. The van der Waals surface area contributed by atoms with Crippen LogP contribution >= 0.6 is 0 Å². The topological polar surface area (TPSA) is 24.1 Å². The Morgan fingerprint density at radius 1 is 1.21 bits per heavy atom. The van der Waals surface area contributed by atoms with E-state index in [1.54, 1.807) is 0 Å². The van der Waals surface area contributed by atoms with Crippen molar-refractivity contribution in [3.05, 3.63) is 29.8 Å². The number of piperidine rings is 1. The molecule has 1 aromatic carbocycles. The van der Waals surface area contributed by atoms with Crippen LogP contribution in [-0.2, 0) is 0 Å². The van der Waals surface area contributed by atoms with E-state index >= 15 is 0 Å². The second-order valence-corrected chi connectivity index (χ2v) is 5.83. The lowest BCUT2D eigenvalue weighted by molar-refractivity contribution is 0.460. The predicted octanol–water partition coefficient (Wildman–Crippen LogP) is 4.14. The number of anilines is 1. The Labute approximate surface area is 118 Å². The van der Waals surface area contributed by atoms with Crippen molar-refractivity contribution in [2.45, 2.75) is 57.9 Å². The maximum absolute atomic E-state index is 3.59. The van der Waals surface area contributed by atoms with Crippen molar-refractivity contribution in [3.63, 3.8) is 0 Å². The van der Waals surface area contributed by atoms with Crippen molar-refractivity contribution in [2.24, 2.45) is 0 Å². The summed E-state index contributed by atoms with van der Waals surface area (Å²) in [7, 11) is 0. The standard InChI is InChI=1S/C17H28N2/c1-3-4-5-14(2)19-17-8-6-15(7-9-17)16-10-12-18-13-11-16/h6-9,14,16,18-19H,3-5,10-13H2,1-2H3. The van der Waals surface area contributed by atoms with Crippen LogP contribution in [0.5, 0.6) is 0 Å². The molecular formula is C17H28N2. The molecule has 2 nitrogen and oxygen atoms in total. The van der Waals surface area contributed by atoms with E-state index in [4.69, 9.17) is 0 Å². The summed E-state index contributed by atoms with van der Waals surface area (Å²) in [5, 5.41) is 7.02. The quantitative estimate of drug-likeness (QED) is 0.803. The molecule has 106 valence electrons. The molecule has 0 aromatic heterocycles. The average molecular weight is 260 g/mol. The molecule has 1 heterocycles. The smallest absolute Gasteiger partial charge is 0.0342 e. The number of hydrogen-bond acceptors (Lipinski definition) is 2. The van der Waals surface area contributed by atoms with Gasteiger partial charge in [-0.25, -0.2) is 0 Å². The van der Waals surface area contributed by atoms with Gasteiger partial charge in [0.1, 0.15) is 0 Å². The van der Waals surface area contributed by atoms with Gasteiger partial charge in [-0.3, -0.25) is 0 Å². The molecule has 1 fully saturated rings. The van der Waals surface area contributed by atoms with Crippen molar-refractivity contribution in [3.8, 4) is 0 Å². The summed E-state index contributed by atoms with van der Waals surface area (Å²) in [6, 6.07) is 9.69. The molecule has 1 atom stereocenters. The van der Waals surface area contributed by atoms with Crippen LogP contribution in [0.25, 0.3) is 0 Å². The molecule has 1 saturated heterocycles. The van der Waals surface area contributed by atoms with Gasteiger partial charge in [0.05, 0.1) is 0 Å². The zero-order valence-electron chi connectivity index (χ0n) is 12.4. The van der Waals surface area contributed by atoms with Gasteiger partial charge < -0.3 is 10.6 Å². The fraction of sp³-hybridized carbons (Fsp3) is 0.647. The third-order valence-corrected chi connectivity index (χ3v) is 4.12. The van der Waals surface area contributed by atoms with Crippen LogP contribution in [0.15, 0.2) is 24.3 Å². The Hall–Kier alpha value is -1.02. The zero-order valence-corrected chi connectivity index (χ0v) is 12.4. The lowest BCUT2D eigenvalue weighted by Gasteiger charge is -2.23. The van der Waals surface area contributed by atoms with Crippen LogP contribution in [-0.4, -0.2) is 19.1 Å². The van der Waals surface area contributed by atoms with Gasteiger partial charge in [-0.05, 0) is 62.9 Å². The van der Waals surface area contributed by atoms with Gasteiger partial charge in [-0.15, -0.1) is 0 Å². The molecule has 0 amide bonds. The third kappa shape index (κ3) is 4.54. The number of nitrogens with one attached hydrogen (secondary N) is 2. The van der Waals surface area contributed by atoms with E-state index in [0.29, 0.717) is 6.04 Å². The Morgan fingerprint density at radius 2 is 1.89 bits per heavy atom. The van der Waals surface area contributed by atoms with Crippen molar-refractivity contribution in [1.82, 2.24) is 5.32 Å². The first-order valence-corrected chi connectivity index (χ1v) is 7.87. The Morgan fingerprint density at radius 3 is 2.53 bits per heavy atom. The average Bonchev–Trinajstić information content (AvgIpc) is 2.47. The van der Waals surface area contributed by atoms with E-state index in [0.717, 1.165) is 5.92 Å². The minimum absolute atomic E-state index is 0.574. The van der Waals surface area contributed by atoms with Crippen molar-refractivity contribution in [2.75, 3.05) is 18.4 Å². The molecule has 1 aliphatic heterocycles. The molecule has 2 rings (SSSR count). The van der Waals surface area contributed by atoms with Gasteiger partial charge in [-0.1, -0.05) is 31.9 Å². The Kier molecular flexibility index (Phi) is 5.71. The third-order valence-electron chi connectivity index (χ3n) is 4.12. The van der Waals surface area contributed by atoms with Crippen molar-refractivity contribution >= 4 is 5.69 Å². The summed E-state index contributed by atoms with van der Waals surface area (Å²) in [6.07, 6.45) is 6.40. The number of hydrogen-bond donors (Lipinski definition) is 2. The van der Waals surface area contributed by atoms with Gasteiger partial charge in [0.15, 0.2) is 0 Å². The predicted molar refractivity (Wildman–Crippen MR) is 83.9 cm³/mol. The molecule has 0 radical (unpaired) electrons. The molecule has 1 aromatic rings. The molecule has 1 unspecified atom stereocenters. The molecule has 19 heavy (non-hydrogen) atoms. The maximum atomic E-state index is 3.59. The van der Waals surface area contributed by atoms with Gasteiger partial charge in [0, 0.05) is 11.7 Å². The molecular weight excluding hydrogens is 232 g/mol. The van der Waals surface area contributed by atoms with Crippen LogP contribution in [0.1, 0.15) is 57.4 Å². The highest BCUT2D eigenvalue weighted by atomic mass is 14.9. The fourth-order valence-electron chi connectivity index (χ4n) is 2.87. The van der Waals surface area contributed by atoms with Gasteiger partial charge in [-0.2, -0.15) is 0 Å². The van der Waals surface area contributed by atoms with Crippen molar-refractivity contribution in [1.29, 1.82) is 0 Å². The molecule has 0 spiro atoms. The fourth-order valence-corrected chi connectivity index (χ4v) is 2.87. The van der Waals surface area contributed by atoms with E-state index in [2.05, 4.69) is 48.7 Å². The van der Waals surface area contributed by atoms with Crippen LogP contribution in [0, 0.1) is 0 Å². The highest BCUT2D eigenvalue weighted by Crippen LogP contribution is 2.26. The minimum Gasteiger partial charge on any atom is -0.383 e. The Bertz CT molecular complexity index is 352. The largest absolute Gasteiger partial charge is 0.383 e. The van der Waals surface area contributed by atoms with Gasteiger partial charge in [0.2, 0.25) is 0 Å². The van der Waals surface area contributed by atoms with E-state index in [9.17, 15) is 0 Å². The maximum Gasteiger partial charge on any atom is 0.0342 e. The molecule has 2 heteroatoms. The molecule has 2 N–H and O–H groups in total. The molecule has 0 saturated carbocycles. The zero-order chi connectivity index (χ0) is 13.5. The van der Waals surface area contributed by atoms with E-state index in [1.807, 2.05) is 0 Å². The molecule has 0 bridgehead atoms. The monoisotopic (exact) mass is 260 g/mol. The highest BCUT2D eigenvalue weighted by molar-refractivity contribution is 5.46. The summed E-state index contributed by atoms with van der Waals surface area (Å²) in [4.78, 5) is 0. The van der Waals surface area contributed by atoms with Crippen molar-refractivity contribution < 1.29 is 0 Å².